The lowest BCUT2D eigenvalue weighted by atomic mass is 10.2. The van der Waals surface area contributed by atoms with Crippen LogP contribution in [0.3, 0.4) is 0 Å². The number of hydrogen-bond donors (Lipinski definition) is 1. The van der Waals surface area contributed by atoms with Crippen LogP contribution in [0.15, 0.2) is 22.3 Å². The molecule has 0 amide bonds. The van der Waals surface area contributed by atoms with Gasteiger partial charge in [-0.2, -0.15) is 0 Å². The van der Waals surface area contributed by atoms with Gasteiger partial charge >= 0.3 is 0 Å². The number of Topliss-reactive ketones (excluding diaryl/α,β-unsaturated/α-hetero) is 1. The molecule has 0 radical (unpaired) electrons. The summed E-state index contributed by atoms with van der Waals surface area (Å²) in [4.78, 5) is 33.8. The normalized spacial score (nSPS) is 11.1. The number of ketones is 1. The zero-order valence-electron chi connectivity index (χ0n) is 11.0. The number of nitrogens with one attached hydrogen (secondary N) is 1. The van der Waals surface area contributed by atoms with Gasteiger partial charge in [0.15, 0.2) is 5.78 Å². The summed E-state index contributed by atoms with van der Waals surface area (Å²) in [6, 6.07) is 3.62. The molecular formula is C14H12N2O2S2. The number of nitrogens with zero attached hydrogens (tertiary/aromatic N) is 1. The first-order valence-corrected chi connectivity index (χ1v) is 7.81. The van der Waals surface area contributed by atoms with Crippen LogP contribution >= 0.6 is 22.7 Å². The van der Waals surface area contributed by atoms with Gasteiger partial charge in [-0.25, -0.2) is 4.98 Å². The number of aromatic amines is 1. The molecule has 0 aliphatic rings. The molecule has 3 heterocycles. The smallest absolute Gasteiger partial charge is 0.259 e. The van der Waals surface area contributed by atoms with E-state index in [1.165, 1.54) is 22.7 Å². The van der Waals surface area contributed by atoms with Crippen LogP contribution in [0.1, 0.15) is 25.9 Å². The molecule has 3 aromatic heterocycles. The van der Waals surface area contributed by atoms with Crippen molar-refractivity contribution in [3.8, 4) is 0 Å². The van der Waals surface area contributed by atoms with E-state index in [0.29, 0.717) is 20.9 Å². The molecule has 0 aliphatic carbocycles. The third-order valence-corrected chi connectivity index (χ3v) is 5.22. The quantitative estimate of drug-likeness (QED) is 0.756. The van der Waals surface area contributed by atoms with Crippen LogP contribution in [-0.2, 0) is 6.42 Å². The van der Waals surface area contributed by atoms with E-state index in [0.717, 1.165) is 10.4 Å². The monoisotopic (exact) mass is 304 g/mol. The van der Waals surface area contributed by atoms with E-state index in [9.17, 15) is 9.59 Å². The zero-order chi connectivity index (χ0) is 14.3. The van der Waals surface area contributed by atoms with Crippen molar-refractivity contribution in [3.63, 3.8) is 0 Å². The summed E-state index contributed by atoms with van der Waals surface area (Å²) in [5.74, 6) is 0.412. The molecule has 0 aliphatic heterocycles. The van der Waals surface area contributed by atoms with E-state index >= 15 is 0 Å². The number of aryl methyl sites for hydroxylation is 2. The third kappa shape index (κ3) is 2.21. The van der Waals surface area contributed by atoms with Gasteiger partial charge in [0.1, 0.15) is 10.7 Å². The van der Waals surface area contributed by atoms with E-state index < -0.39 is 0 Å². The highest BCUT2D eigenvalue weighted by atomic mass is 32.1. The summed E-state index contributed by atoms with van der Waals surface area (Å²) >= 11 is 2.89. The van der Waals surface area contributed by atoms with Gasteiger partial charge in [0.05, 0.1) is 16.7 Å². The maximum Gasteiger partial charge on any atom is 0.259 e. The Morgan fingerprint density at radius 2 is 2.20 bits per heavy atom. The molecule has 3 rings (SSSR count). The van der Waals surface area contributed by atoms with Gasteiger partial charge in [-0.1, -0.05) is 6.07 Å². The predicted octanol–water partition coefficient (Wildman–Crippen LogP) is 3.09. The van der Waals surface area contributed by atoms with E-state index in [1.54, 1.807) is 6.07 Å². The van der Waals surface area contributed by atoms with Gasteiger partial charge in [0.2, 0.25) is 0 Å². The second-order valence-electron chi connectivity index (χ2n) is 4.55. The summed E-state index contributed by atoms with van der Waals surface area (Å²) in [7, 11) is 0. The maximum absolute atomic E-state index is 12.1. The second kappa shape index (κ2) is 4.96. The van der Waals surface area contributed by atoms with E-state index in [1.807, 2.05) is 25.3 Å². The van der Waals surface area contributed by atoms with E-state index in [-0.39, 0.29) is 17.8 Å². The van der Waals surface area contributed by atoms with Crippen molar-refractivity contribution in [1.82, 2.24) is 9.97 Å². The van der Waals surface area contributed by atoms with Crippen molar-refractivity contribution in [2.45, 2.75) is 20.3 Å². The fourth-order valence-electron chi connectivity index (χ4n) is 2.06. The number of aromatic nitrogens is 2. The number of H-pyrrole nitrogens is 1. The second-order valence-corrected chi connectivity index (χ2v) is 6.70. The van der Waals surface area contributed by atoms with Gasteiger partial charge in [-0.3, -0.25) is 9.59 Å². The highest BCUT2D eigenvalue weighted by Crippen LogP contribution is 2.25. The molecule has 0 atom stereocenters. The first-order valence-electron chi connectivity index (χ1n) is 6.12. The topological polar surface area (TPSA) is 62.8 Å². The molecule has 20 heavy (non-hydrogen) atoms. The minimum absolute atomic E-state index is 0.0208. The van der Waals surface area contributed by atoms with Crippen LogP contribution in [0.4, 0.5) is 0 Å². The van der Waals surface area contributed by atoms with Crippen LogP contribution in [0.5, 0.6) is 0 Å². The predicted molar refractivity (Wildman–Crippen MR) is 82.1 cm³/mol. The molecule has 0 fully saturated rings. The van der Waals surface area contributed by atoms with Crippen LogP contribution in [0, 0.1) is 13.8 Å². The maximum atomic E-state index is 12.1. The highest BCUT2D eigenvalue weighted by molar-refractivity contribution is 7.18. The Kier molecular flexibility index (Phi) is 3.27. The Labute approximate surface area is 123 Å². The number of rotatable bonds is 3. The Bertz CT molecular complexity index is 844. The molecule has 0 saturated carbocycles. The average molecular weight is 304 g/mol. The van der Waals surface area contributed by atoms with Crippen LogP contribution in [-0.4, -0.2) is 15.8 Å². The third-order valence-electron chi connectivity index (χ3n) is 3.21. The van der Waals surface area contributed by atoms with Gasteiger partial charge in [-0.05, 0) is 30.9 Å². The van der Waals surface area contributed by atoms with Gasteiger partial charge < -0.3 is 4.98 Å². The first kappa shape index (κ1) is 13.2. The molecule has 4 nitrogen and oxygen atoms in total. The summed E-state index contributed by atoms with van der Waals surface area (Å²) in [5.41, 5.74) is 0.806. The minimum Gasteiger partial charge on any atom is -0.310 e. The number of thiophene rings is 2. The van der Waals surface area contributed by atoms with Crippen LogP contribution in [0.2, 0.25) is 0 Å². The Morgan fingerprint density at radius 1 is 1.40 bits per heavy atom. The van der Waals surface area contributed by atoms with Crippen molar-refractivity contribution in [2.75, 3.05) is 0 Å². The minimum atomic E-state index is -0.161. The summed E-state index contributed by atoms with van der Waals surface area (Å²) < 4.78 is 0. The zero-order valence-corrected chi connectivity index (χ0v) is 12.7. The lowest BCUT2D eigenvalue weighted by Crippen LogP contribution is -2.14. The number of carbonyl (C=O) groups is 1. The SMILES string of the molecule is Cc1sc2nc(CC(=O)c3cccs3)[nH]c(=O)c2c1C. The van der Waals surface area contributed by atoms with Crippen LogP contribution in [0.25, 0.3) is 10.2 Å². The largest absolute Gasteiger partial charge is 0.310 e. The molecule has 102 valence electrons. The lowest BCUT2D eigenvalue weighted by Gasteiger charge is -1.99. The van der Waals surface area contributed by atoms with Crippen molar-refractivity contribution in [2.24, 2.45) is 0 Å². The first-order chi connectivity index (χ1) is 9.56. The number of fused-ring (bicyclic) bond motifs is 1. The molecule has 0 unspecified atom stereocenters. The molecule has 0 spiro atoms. The molecule has 0 aromatic carbocycles. The number of carbonyl (C=O) groups excluding carboxylic acids is 1. The standard InChI is InChI=1S/C14H12N2O2S2/c1-7-8(2)20-14-12(7)13(18)15-11(16-14)6-9(17)10-4-3-5-19-10/h3-5H,6H2,1-2H3,(H,15,16,18). The van der Waals surface area contributed by atoms with Gasteiger partial charge in [-0.15, -0.1) is 22.7 Å². The molecule has 0 saturated heterocycles. The van der Waals surface area contributed by atoms with Crippen molar-refractivity contribution in [3.05, 3.63) is 49.0 Å². The van der Waals surface area contributed by atoms with E-state index in [2.05, 4.69) is 9.97 Å². The van der Waals surface area contributed by atoms with Crippen LogP contribution < -0.4 is 5.56 Å². The lowest BCUT2D eigenvalue weighted by molar-refractivity contribution is 0.0994. The fourth-order valence-corrected chi connectivity index (χ4v) is 3.77. The molecule has 6 heteroatoms. The summed E-state index contributed by atoms with van der Waals surface area (Å²) in [6.07, 6.45) is 0.127. The average Bonchev–Trinajstić information content (AvgIpc) is 2.99. The fraction of sp³-hybridized carbons (Fsp3) is 0.214. The van der Waals surface area contributed by atoms with Crippen molar-refractivity contribution >= 4 is 38.7 Å². The van der Waals surface area contributed by atoms with Crippen molar-refractivity contribution in [1.29, 1.82) is 0 Å². The molecule has 1 N–H and O–H groups in total. The Balaban J connectivity index is 2.01. The summed E-state index contributed by atoms with van der Waals surface area (Å²) in [5, 5.41) is 2.50. The Morgan fingerprint density at radius 3 is 2.90 bits per heavy atom. The Hall–Kier alpha value is -1.79. The molecular weight excluding hydrogens is 292 g/mol. The van der Waals surface area contributed by atoms with E-state index in [4.69, 9.17) is 0 Å². The number of hydrogen-bond acceptors (Lipinski definition) is 5. The highest BCUT2D eigenvalue weighted by Gasteiger charge is 2.14. The molecule has 0 bridgehead atoms. The van der Waals surface area contributed by atoms with Crippen molar-refractivity contribution < 1.29 is 4.79 Å². The van der Waals surface area contributed by atoms with Gasteiger partial charge in [0, 0.05) is 4.88 Å². The summed E-state index contributed by atoms with van der Waals surface area (Å²) in [6.45, 7) is 3.89. The van der Waals surface area contributed by atoms with Gasteiger partial charge in [0.25, 0.3) is 5.56 Å². The molecule has 3 aromatic rings.